The number of ether oxygens (including phenoxy) is 1. The fourth-order valence-electron chi connectivity index (χ4n) is 4.70. The van der Waals surface area contributed by atoms with Gasteiger partial charge in [0.2, 0.25) is 0 Å². The number of anilines is 1. The van der Waals surface area contributed by atoms with Crippen molar-refractivity contribution in [1.29, 1.82) is 0 Å². The maximum absolute atomic E-state index is 13.7. The second kappa shape index (κ2) is 11.5. The summed E-state index contributed by atoms with van der Waals surface area (Å²) in [5, 5.41) is 1.77. The molecule has 0 saturated carbocycles. The van der Waals surface area contributed by atoms with E-state index in [1.54, 1.807) is 45.9 Å². The van der Waals surface area contributed by atoms with E-state index in [1.165, 1.54) is 7.11 Å². The summed E-state index contributed by atoms with van der Waals surface area (Å²) in [5.74, 6) is -0.781. The van der Waals surface area contributed by atoms with Crippen LogP contribution in [0.25, 0.3) is 10.9 Å². The van der Waals surface area contributed by atoms with E-state index in [9.17, 15) is 14.4 Å². The van der Waals surface area contributed by atoms with E-state index in [0.717, 1.165) is 13.0 Å². The van der Waals surface area contributed by atoms with Gasteiger partial charge < -0.3 is 24.0 Å². The minimum absolute atomic E-state index is 0.0143. The topological polar surface area (TPSA) is 75.1 Å². The Labute approximate surface area is 225 Å². The highest BCUT2D eigenvalue weighted by Crippen LogP contribution is 2.32. The van der Waals surface area contributed by atoms with E-state index in [1.807, 2.05) is 30.0 Å². The van der Waals surface area contributed by atoms with Gasteiger partial charge in [-0.2, -0.15) is 0 Å². The first-order valence-electron chi connectivity index (χ1n) is 12.1. The van der Waals surface area contributed by atoms with Crippen LogP contribution in [0.1, 0.15) is 27.1 Å². The Bertz CT molecular complexity index is 1360. The Morgan fingerprint density at radius 2 is 1.62 bits per heavy atom. The van der Waals surface area contributed by atoms with Crippen LogP contribution in [0.4, 0.5) is 5.69 Å². The Kier molecular flexibility index (Phi) is 8.42. The SMILES string of the molecule is COC(=O)c1c(N2CCN(C(=O)c3ccc(Cl)cc3)CC2)c2cc(Cl)ccc2n(CCCN(C)C)c1=O. The molecule has 0 bridgehead atoms. The fraction of sp³-hybridized carbons (Fsp3) is 0.370. The van der Waals surface area contributed by atoms with E-state index < -0.39 is 11.5 Å². The molecule has 0 N–H and O–H groups in total. The summed E-state index contributed by atoms with van der Waals surface area (Å²) in [6.45, 7) is 2.97. The summed E-state index contributed by atoms with van der Waals surface area (Å²) < 4.78 is 6.69. The highest BCUT2D eigenvalue weighted by Gasteiger charge is 2.30. The second-order valence-corrected chi connectivity index (χ2v) is 10.1. The van der Waals surface area contributed by atoms with Crippen LogP contribution in [0.3, 0.4) is 0 Å². The number of rotatable bonds is 7. The second-order valence-electron chi connectivity index (χ2n) is 9.28. The molecule has 4 rings (SSSR count). The normalized spacial score (nSPS) is 13.9. The van der Waals surface area contributed by atoms with Crippen molar-refractivity contribution in [2.45, 2.75) is 13.0 Å². The first-order chi connectivity index (χ1) is 17.7. The van der Waals surface area contributed by atoms with Crippen LogP contribution in [-0.4, -0.2) is 80.2 Å². The summed E-state index contributed by atoms with van der Waals surface area (Å²) in [6, 6.07) is 12.1. The molecule has 10 heteroatoms. The Balaban J connectivity index is 1.72. The molecule has 0 radical (unpaired) electrons. The number of amides is 1. The summed E-state index contributed by atoms with van der Waals surface area (Å²) in [5.41, 5.74) is 1.35. The number of aryl methyl sites for hydroxylation is 1. The zero-order chi connectivity index (χ0) is 26.7. The number of hydrogen-bond donors (Lipinski definition) is 0. The molecule has 0 atom stereocenters. The summed E-state index contributed by atoms with van der Waals surface area (Å²) in [6.07, 6.45) is 0.732. The van der Waals surface area contributed by atoms with Crippen molar-refractivity contribution in [1.82, 2.24) is 14.4 Å². The largest absolute Gasteiger partial charge is 0.465 e. The average Bonchev–Trinajstić information content (AvgIpc) is 2.89. The van der Waals surface area contributed by atoms with Crippen molar-refractivity contribution in [3.8, 4) is 0 Å². The van der Waals surface area contributed by atoms with Gasteiger partial charge in [-0.15, -0.1) is 0 Å². The summed E-state index contributed by atoms with van der Waals surface area (Å²) in [7, 11) is 5.22. The zero-order valence-electron chi connectivity index (χ0n) is 21.2. The number of esters is 1. The van der Waals surface area contributed by atoms with Gasteiger partial charge in [-0.05, 0) is 69.5 Å². The number of nitrogens with zero attached hydrogens (tertiary/aromatic N) is 4. The smallest absolute Gasteiger partial charge is 0.345 e. The molecule has 3 aromatic rings. The van der Waals surface area contributed by atoms with Crippen LogP contribution >= 0.6 is 23.2 Å². The minimum Gasteiger partial charge on any atom is -0.465 e. The van der Waals surface area contributed by atoms with Crippen molar-refractivity contribution in [3.63, 3.8) is 0 Å². The van der Waals surface area contributed by atoms with Gasteiger partial charge in [-0.1, -0.05) is 23.2 Å². The van der Waals surface area contributed by atoms with Crippen molar-refractivity contribution < 1.29 is 14.3 Å². The average molecular weight is 545 g/mol. The maximum atomic E-state index is 13.7. The van der Waals surface area contributed by atoms with Gasteiger partial charge in [-0.25, -0.2) is 4.79 Å². The fourth-order valence-corrected chi connectivity index (χ4v) is 5.00. The van der Waals surface area contributed by atoms with Gasteiger partial charge in [0.25, 0.3) is 11.5 Å². The van der Waals surface area contributed by atoms with Gasteiger partial charge >= 0.3 is 5.97 Å². The molecule has 0 unspecified atom stereocenters. The molecule has 1 fully saturated rings. The maximum Gasteiger partial charge on any atom is 0.345 e. The standard InChI is InChI=1S/C27H30Cl2N4O4/c1-30(2)11-4-12-33-22-10-9-20(29)17-21(22)24(23(26(33)35)27(36)37-3)31-13-15-32(16-14-31)25(34)18-5-7-19(28)8-6-18/h5-10,17H,4,11-16H2,1-3H3. The van der Waals surface area contributed by atoms with Gasteiger partial charge in [0.05, 0.1) is 18.3 Å². The third kappa shape index (κ3) is 5.76. The molecule has 0 aliphatic carbocycles. The molecule has 1 aliphatic rings. The van der Waals surface area contributed by atoms with Crippen LogP contribution in [0.15, 0.2) is 47.3 Å². The molecule has 2 heterocycles. The van der Waals surface area contributed by atoms with Gasteiger partial charge in [0, 0.05) is 53.7 Å². The number of halogens is 2. The Morgan fingerprint density at radius 1 is 0.973 bits per heavy atom. The number of aromatic nitrogens is 1. The Morgan fingerprint density at radius 3 is 2.24 bits per heavy atom. The van der Waals surface area contributed by atoms with Crippen LogP contribution in [0, 0.1) is 0 Å². The number of carbonyl (C=O) groups is 2. The molecule has 196 valence electrons. The molecular formula is C27H30Cl2N4O4. The molecule has 1 aromatic heterocycles. The molecule has 0 spiro atoms. The highest BCUT2D eigenvalue weighted by molar-refractivity contribution is 6.31. The van der Waals surface area contributed by atoms with E-state index in [4.69, 9.17) is 27.9 Å². The quantitative estimate of drug-likeness (QED) is 0.418. The van der Waals surface area contributed by atoms with Crippen LogP contribution < -0.4 is 10.5 Å². The van der Waals surface area contributed by atoms with Crippen molar-refractivity contribution in [2.75, 3.05) is 58.8 Å². The Hall–Kier alpha value is -3.07. The van der Waals surface area contributed by atoms with Gasteiger partial charge in [0.1, 0.15) is 5.56 Å². The lowest BCUT2D eigenvalue weighted by Crippen LogP contribution is -2.49. The van der Waals surface area contributed by atoms with Crippen LogP contribution in [0.2, 0.25) is 10.0 Å². The first kappa shape index (κ1) is 27.0. The molecule has 1 saturated heterocycles. The van der Waals surface area contributed by atoms with Crippen LogP contribution in [0.5, 0.6) is 0 Å². The minimum atomic E-state index is -0.692. The van der Waals surface area contributed by atoms with E-state index in [0.29, 0.717) is 64.9 Å². The number of benzene rings is 2. The predicted octanol–water partition coefficient (Wildman–Crippen LogP) is 4.01. The third-order valence-corrected chi connectivity index (χ3v) is 7.04. The number of fused-ring (bicyclic) bond motifs is 1. The summed E-state index contributed by atoms with van der Waals surface area (Å²) >= 11 is 12.3. The number of piperazine rings is 1. The number of carbonyl (C=O) groups excluding carboxylic acids is 2. The van der Waals surface area contributed by atoms with Crippen molar-refractivity contribution in [3.05, 3.63) is 74.0 Å². The van der Waals surface area contributed by atoms with Crippen molar-refractivity contribution >= 4 is 51.7 Å². The zero-order valence-corrected chi connectivity index (χ0v) is 22.7. The van der Waals surface area contributed by atoms with Crippen LogP contribution in [-0.2, 0) is 11.3 Å². The van der Waals surface area contributed by atoms with E-state index in [2.05, 4.69) is 0 Å². The van der Waals surface area contributed by atoms with E-state index >= 15 is 0 Å². The van der Waals surface area contributed by atoms with Crippen molar-refractivity contribution in [2.24, 2.45) is 0 Å². The summed E-state index contributed by atoms with van der Waals surface area (Å²) in [4.78, 5) is 45.4. The predicted molar refractivity (Wildman–Crippen MR) is 147 cm³/mol. The lowest BCUT2D eigenvalue weighted by atomic mass is 10.1. The molecular weight excluding hydrogens is 515 g/mol. The molecule has 37 heavy (non-hydrogen) atoms. The van der Waals surface area contributed by atoms with E-state index in [-0.39, 0.29) is 11.5 Å². The van der Waals surface area contributed by atoms with Gasteiger partial charge in [-0.3, -0.25) is 9.59 Å². The number of pyridine rings is 1. The van der Waals surface area contributed by atoms with Gasteiger partial charge in [0.15, 0.2) is 0 Å². The molecule has 2 aromatic carbocycles. The third-order valence-electron chi connectivity index (χ3n) is 6.55. The monoisotopic (exact) mass is 544 g/mol. The molecule has 1 amide bonds. The molecule has 1 aliphatic heterocycles. The lowest BCUT2D eigenvalue weighted by molar-refractivity contribution is 0.0597. The number of methoxy groups -OCH3 is 1. The lowest BCUT2D eigenvalue weighted by Gasteiger charge is -2.37. The highest BCUT2D eigenvalue weighted by atomic mass is 35.5. The first-order valence-corrected chi connectivity index (χ1v) is 12.9. The number of hydrogen-bond acceptors (Lipinski definition) is 6. The molecule has 8 nitrogen and oxygen atoms in total.